The minimum Gasteiger partial charge on any atom is -0.506 e. The van der Waals surface area contributed by atoms with Crippen molar-refractivity contribution in [2.24, 2.45) is 0 Å². The van der Waals surface area contributed by atoms with Crippen LogP contribution in [0.1, 0.15) is 29.4 Å². The number of halogens is 3. The van der Waals surface area contributed by atoms with Crippen LogP contribution >= 0.6 is 34.8 Å². The van der Waals surface area contributed by atoms with Gasteiger partial charge in [-0.05, 0) is 55.3 Å². The van der Waals surface area contributed by atoms with E-state index in [0.717, 1.165) is 11.6 Å². The summed E-state index contributed by atoms with van der Waals surface area (Å²) in [7, 11) is -3.99. The number of carbonyl (C=O) groups is 2. The van der Waals surface area contributed by atoms with Gasteiger partial charge in [0, 0.05) is 18.0 Å². The summed E-state index contributed by atoms with van der Waals surface area (Å²) in [6.45, 7) is 3.34. The van der Waals surface area contributed by atoms with Crippen LogP contribution in [-0.4, -0.2) is 40.1 Å². The Morgan fingerprint density at radius 2 is 1.73 bits per heavy atom. The van der Waals surface area contributed by atoms with Crippen LogP contribution in [0.5, 0.6) is 5.75 Å². The molecule has 0 fully saturated rings. The number of phenolic OH excluding ortho intramolecular Hbond substituents is 1. The number of anilines is 2. The number of hydrogen-bond acceptors (Lipinski definition) is 6. The first-order valence-electron chi connectivity index (χ1n) is 11.9. The largest absolute Gasteiger partial charge is 0.506 e. The van der Waals surface area contributed by atoms with Crippen LogP contribution in [0.3, 0.4) is 0 Å². The van der Waals surface area contributed by atoms with Gasteiger partial charge < -0.3 is 20.3 Å². The van der Waals surface area contributed by atoms with Crippen molar-refractivity contribution in [3.05, 3.63) is 93.4 Å². The Kier molecular flexibility index (Phi) is 8.74. The molecule has 3 aromatic carbocycles. The van der Waals surface area contributed by atoms with Gasteiger partial charge >= 0.3 is 0 Å². The number of carbonyl (C=O) groups excluding carboxylic acids is 2. The van der Waals surface area contributed by atoms with Crippen molar-refractivity contribution < 1.29 is 23.1 Å². The molecule has 0 bridgehead atoms. The van der Waals surface area contributed by atoms with E-state index in [-0.39, 0.29) is 33.4 Å². The predicted octanol–water partition coefficient (Wildman–Crippen LogP) is 6.29. The fourth-order valence-corrected chi connectivity index (χ4v) is 6.12. The van der Waals surface area contributed by atoms with E-state index in [0.29, 0.717) is 15.7 Å². The lowest BCUT2D eigenvalue weighted by Gasteiger charge is -2.17. The SMILES string of the molecule is CCC(C(=O)Nc1cc(O)c(NC(=O)c2cn(-c3ccc(Cl)c(Cl)c3)cn2)cc1Cl)S(=O)(=O)c1cccc(C)c1. The van der Waals surface area contributed by atoms with Crippen molar-refractivity contribution in [2.75, 3.05) is 10.6 Å². The van der Waals surface area contributed by atoms with Gasteiger partial charge in [-0.25, -0.2) is 13.4 Å². The van der Waals surface area contributed by atoms with Gasteiger partial charge in [0.25, 0.3) is 5.91 Å². The standard InChI is InChI=1S/C27H23Cl3N4O5S/c1-3-25(40(38,39)17-6-4-5-15(2)9-17)27(37)32-21-12-24(35)22(11-20(21)30)33-26(36)23-13-34(14-31-23)16-7-8-18(28)19(29)10-16/h4-14,25,35H,3H2,1-2H3,(H,32,37)(H,33,36). The van der Waals surface area contributed by atoms with E-state index in [1.807, 2.05) is 0 Å². The third-order valence-electron chi connectivity index (χ3n) is 5.96. The number of aromatic nitrogens is 2. The molecule has 1 unspecified atom stereocenters. The van der Waals surface area contributed by atoms with Crippen molar-refractivity contribution in [3.8, 4) is 11.4 Å². The van der Waals surface area contributed by atoms with Crippen molar-refractivity contribution in [3.63, 3.8) is 0 Å². The molecule has 0 saturated carbocycles. The number of rotatable bonds is 8. The second-order valence-corrected chi connectivity index (χ2v) is 12.2. The third-order valence-corrected chi connectivity index (χ3v) is 9.22. The first-order valence-corrected chi connectivity index (χ1v) is 14.5. The molecule has 0 spiro atoms. The molecule has 4 rings (SSSR count). The molecule has 40 heavy (non-hydrogen) atoms. The number of imidazole rings is 1. The molecular weight excluding hydrogens is 599 g/mol. The molecule has 1 heterocycles. The summed E-state index contributed by atoms with van der Waals surface area (Å²) in [6, 6.07) is 13.6. The lowest BCUT2D eigenvalue weighted by molar-refractivity contribution is -0.115. The van der Waals surface area contributed by atoms with Gasteiger partial charge in [0.15, 0.2) is 9.84 Å². The highest BCUT2D eigenvalue weighted by Crippen LogP contribution is 2.35. The number of phenols is 1. The quantitative estimate of drug-likeness (QED) is 0.198. The number of aryl methyl sites for hydroxylation is 1. The van der Waals surface area contributed by atoms with E-state index in [2.05, 4.69) is 15.6 Å². The average molecular weight is 622 g/mol. The molecule has 2 amide bonds. The highest BCUT2D eigenvalue weighted by Gasteiger charge is 2.33. The normalized spacial score (nSPS) is 12.1. The molecule has 1 aromatic heterocycles. The maximum Gasteiger partial charge on any atom is 0.275 e. The molecule has 1 atom stereocenters. The molecule has 0 aliphatic rings. The average Bonchev–Trinajstić information content (AvgIpc) is 3.39. The van der Waals surface area contributed by atoms with Crippen molar-refractivity contribution in [1.29, 1.82) is 0 Å². The predicted molar refractivity (Wildman–Crippen MR) is 156 cm³/mol. The maximum absolute atomic E-state index is 13.1. The molecule has 0 radical (unpaired) electrons. The molecule has 0 saturated heterocycles. The summed E-state index contributed by atoms with van der Waals surface area (Å²) in [5, 5.41) is 14.8. The Morgan fingerprint density at radius 3 is 2.40 bits per heavy atom. The van der Waals surface area contributed by atoms with Crippen LogP contribution in [0.25, 0.3) is 5.69 Å². The summed E-state index contributed by atoms with van der Waals surface area (Å²) in [5.74, 6) is -1.86. The van der Waals surface area contributed by atoms with Gasteiger partial charge in [-0.3, -0.25) is 9.59 Å². The summed E-state index contributed by atoms with van der Waals surface area (Å²) in [4.78, 5) is 29.9. The summed E-state index contributed by atoms with van der Waals surface area (Å²) in [5.41, 5.74) is 1.33. The fourth-order valence-electron chi connectivity index (χ4n) is 3.89. The minimum absolute atomic E-state index is 0.00865. The molecule has 13 heteroatoms. The molecular formula is C27H23Cl3N4O5S. The van der Waals surface area contributed by atoms with Crippen molar-refractivity contribution >= 4 is 67.8 Å². The Bertz CT molecular complexity index is 1720. The van der Waals surface area contributed by atoms with Crippen LogP contribution < -0.4 is 10.6 Å². The summed E-state index contributed by atoms with van der Waals surface area (Å²) in [6.07, 6.45) is 2.88. The zero-order valence-corrected chi connectivity index (χ0v) is 24.2. The molecule has 9 nitrogen and oxygen atoms in total. The number of hydrogen-bond donors (Lipinski definition) is 3. The molecule has 4 aromatic rings. The Hall–Kier alpha value is -3.57. The zero-order chi connectivity index (χ0) is 29.2. The minimum atomic E-state index is -3.99. The van der Waals surface area contributed by atoms with Gasteiger partial charge in [0.2, 0.25) is 5.91 Å². The Labute approximate surface area is 245 Å². The van der Waals surface area contributed by atoms with E-state index >= 15 is 0 Å². The molecule has 0 aliphatic heterocycles. The molecule has 3 N–H and O–H groups in total. The van der Waals surface area contributed by atoms with E-state index in [9.17, 15) is 23.1 Å². The van der Waals surface area contributed by atoms with Gasteiger partial charge in [-0.2, -0.15) is 0 Å². The van der Waals surface area contributed by atoms with Crippen molar-refractivity contribution in [2.45, 2.75) is 30.4 Å². The van der Waals surface area contributed by atoms with Gasteiger partial charge in [-0.15, -0.1) is 0 Å². The first kappa shape index (κ1) is 29.4. The second-order valence-electron chi connectivity index (χ2n) is 8.82. The topological polar surface area (TPSA) is 130 Å². The molecule has 208 valence electrons. The lowest BCUT2D eigenvalue weighted by atomic mass is 10.2. The van der Waals surface area contributed by atoms with Crippen molar-refractivity contribution in [1.82, 2.24) is 9.55 Å². The van der Waals surface area contributed by atoms with E-state index < -0.39 is 32.7 Å². The highest BCUT2D eigenvalue weighted by molar-refractivity contribution is 7.92. The number of aromatic hydroxyl groups is 1. The second kappa shape index (κ2) is 11.9. The number of nitrogens with zero attached hydrogens (tertiary/aromatic N) is 2. The first-order chi connectivity index (χ1) is 18.9. The fraction of sp³-hybridized carbons (Fsp3) is 0.148. The Balaban J connectivity index is 1.50. The van der Waals surface area contributed by atoms with Gasteiger partial charge in [0.05, 0.1) is 31.3 Å². The van der Waals surface area contributed by atoms with Crippen LogP contribution in [0, 0.1) is 6.92 Å². The van der Waals surface area contributed by atoms with Crippen LogP contribution in [0.2, 0.25) is 15.1 Å². The smallest absolute Gasteiger partial charge is 0.275 e. The Morgan fingerprint density at radius 1 is 0.975 bits per heavy atom. The van der Waals surface area contributed by atoms with E-state index in [4.69, 9.17) is 34.8 Å². The zero-order valence-electron chi connectivity index (χ0n) is 21.2. The lowest BCUT2D eigenvalue weighted by Crippen LogP contribution is -2.34. The number of sulfone groups is 1. The summed E-state index contributed by atoms with van der Waals surface area (Å²) >= 11 is 18.3. The van der Waals surface area contributed by atoms with Crippen LogP contribution in [0.15, 0.2) is 72.0 Å². The highest BCUT2D eigenvalue weighted by atomic mass is 35.5. The monoisotopic (exact) mass is 620 g/mol. The van der Waals surface area contributed by atoms with Gasteiger partial charge in [0.1, 0.15) is 23.0 Å². The maximum atomic E-state index is 13.1. The third kappa shape index (κ3) is 6.26. The van der Waals surface area contributed by atoms with E-state index in [1.54, 1.807) is 48.7 Å². The van der Waals surface area contributed by atoms with Crippen LogP contribution in [0.4, 0.5) is 11.4 Å². The summed E-state index contributed by atoms with van der Waals surface area (Å²) < 4.78 is 27.8. The van der Waals surface area contributed by atoms with Gasteiger partial charge in [-0.1, -0.05) is 53.9 Å². The van der Waals surface area contributed by atoms with Crippen LogP contribution in [-0.2, 0) is 14.6 Å². The number of benzene rings is 3. The molecule has 0 aliphatic carbocycles. The number of nitrogens with one attached hydrogen (secondary N) is 2. The number of amides is 2. The van der Waals surface area contributed by atoms with E-state index in [1.165, 1.54) is 30.7 Å².